The SMILES string of the molecule is CC(C)Oc1cncc(C(=O)C2(CN)CCCCC2)c1. The molecule has 1 aromatic heterocycles. The van der Waals surface area contributed by atoms with Crippen LogP contribution in [0.2, 0.25) is 0 Å². The second kappa shape index (κ2) is 6.35. The summed E-state index contributed by atoms with van der Waals surface area (Å²) in [5.74, 6) is 0.773. The van der Waals surface area contributed by atoms with Gasteiger partial charge in [0.2, 0.25) is 0 Å². The summed E-state index contributed by atoms with van der Waals surface area (Å²) in [6, 6.07) is 1.79. The summed E-state index contributed by atoms with van der Waals surface area (Å²) in [6.45, 7) is 4.33. The van der Waals surface area contributed by atoms with Gasteiger partial charge < -0.3 is 10.5 Å². The molecule has 0 aromatic carbocycles. The summed E-state index contributed by atoms with van der Waals surface area (Å²) in [5.41, 5.74) is 6.15. The topological polar surface area (TPSA) is 65.2 Å². The summed E-state index contributed by atoms with van der Waals surface area (Å²) in [7, 11) is 0. The Bertz CT molecular complexity index is 465. The van der Waals surface area contributed by atoms with Crippen LogP contribution in [0.1, 0.15) is 56.3 Å². The molecule has 0 amide bonds. The Morgan fingerprint density at radius 1 is 1.35 bits per heavy atom. The van der Waals surface area contributed by atoms with Gasteiger partial charge >= 0.3 is 0 Å². The smallest absolute Gasteiger partial charge is 0.171 e. The summed E-state index contributed by atoms with van der Waals surface area (Å²) in [4.78, 5) is 16.9. The van der Waals surface area contributed by atoms with Crippen LogP contribution in [0.25, 0.3) is 0 Å². The van der Waals surface area contributed by atoms with Crippen molar-refractivity contribution in [2.24, 2.45) is 11.1 Å². The molecule has 110 valence electrons. The predicted molar refractivity (Wildman–Crippen MR) is 78.9 cm³/mol. The molecule has 1 aromatic rings. The number of nitrogens with zero attached hydrogens (tertiary/aromatic N) is 1. The third-order valence-electron chi connectivity index (χ3n) is 4.03. The van der Waals surface area contributed by atoms with Crippen LogP contribution < -0.4 is 10.5 Å². The van der Waals surface area contributed by atoms with Crippen LogP contribution in [0.5, 0.6) is 5.75 Å². The molecule has 1 saturated carbocycles. The van der Waals surface area contributed by atoms with E-state index in [1.165, 1.54) is 6.42 Å². The van der Waals surface area contributed by atoms with Crippen LogP contribution in [0.3, 0.4) is 0 Å². The Labute approximate surface area is 120 Å². The lowest BCUT2D eigenvalue weighted by Gasteiger charge is -2.34. The van der Waals surface area contributed by atoms with E-state index in [-0.39, 0.29) is 11.9 Å². The Hall–Kier alpha value is -1.42. The molecule has 1 fully saturated rings. The molecule has 1 heterocycles. The zero-order valence-electron chi connectivity index (χ0n) is 12.4. The summed E-state index contributed by atoms with van der Waals surface area (Å²) in [6.07, 6.45) is 8.48. The first-order valence-corrected chi connectivity index (χ1v) is 7.44. The monoisotopic (exact) mass is 276 g/mol. The number of ketones is 1. The second-order valence-corrected chi connectivity index (χ2v) is 5.95. The van der Waals surface area contributed by atoms with Crippen LogP contribution in [-0.4, -0.2) is 23.4 Å². The number of Topliss-reactive ketones (excluding diaryl/α,β-unsaturated/α-hetero) is 1. The van der Waals surface area contributed by atoms with Crippen LogP contribution >= 0.6 is 0 Å². The van der Waals surface area contributed by atoms with Gasteiger partial charge in [0.25, 0.3) is 0 Å². The molecule has 0 radical (unpaired) electrons. The number of pyridine rings is 1. The molecule has 0 aliphatic heterocycles. The molecular formula is C16H24N2O2. The Morgan fingerprint density at radius 3 is 2.65 bits per heavy atom. The quantitative estimate of drug-likeness (QED) is 0.840. The highest BCUT2D eigenvalue weighted by Crippen LogP contribution is 2.38. The molecule has 0 saturated heterocycles. The number of hydrogen-bond acceptors (Lipinski definition) is 4. The molecule has 2 rings (SSSR count). The maximum atomic E-state index is 12.8. The van der Waals surface area contributed by atoms with Gasteiger partial charge in [-0.1, -0.05) is 19.3 Å². The van der Waals surface area contributed by atoms with Crippen molar-refractivity contribution in [3.05, 3.63) is 24.0 Å². The zero-order valence-corrected chi connectivity index (χ0v) is 12.4. The van der Waals surface area contributed by atoms with Gasteiger partial charge in [-0.15, -0.1) is 0 Å². The van der Waals surface area contributed by atoms with Crippen LogP contribution in [0, 0.1) is 5.41 Å². The lowest BCUT2D eigenvalue weighted by molar-refractivity contribution is 0.0728. The van der Waals surface area contributed by atoms with Crippen molar-refractivity contribution >= 4 is 5.78 Å². The highest BCUT2D eigenvalue weighted by molar-refractivity contribution is 6.00. The van der Waals surface area contributed by atoms with Crippen LogP contribution in [0.15, 0.2) is 18.5 Å². The fourth-order valence-corrected chi connectivity index (χ4v) is 2.94. The second-order valence-electron chi connectivity index (χ2n) is 5.95. The van der Waals surface area contributed by atoms with Crippen molar-refractivity contribution in [1.82, 2.24) is 4.98 Å². The lowest BCUT2D eigenvalue weighted by atomic mass is 9.69. The van der Waals surface area contributed by atoms with Gasteiger partial charge in [-0.25, -0.2) is 0 Å². The first kappa shape index (κ1) is 15.0. The number of rotatable bonds is 5. The molecule has 0 atom stereocenters. The van der Waals surface area contributed by atoms with Gasteiger partial charge in [0, 0.05) is 23.7 Å². The average Bonchev–Trinajstić information content (AvgIpc) is 2.47. The molecular weight excluding hydrogens is 252 g/mol. The van der Waals surface area contributed by atoms with E-state index in [4.69, 9.17) is 10.5 Å². The fourth-order valence-electron chi connectivity index (χ4n) is 2.94. The normalized spacial score (nSPS) is 18.0. The van der Waals surface area contributed by atoms with Crippen molar-refractivity contribution in [3.8, 4) is 5.75 Å². The summed E-state index contributed by atoms with van der Waals surface area (Å²) in [5, 5.41) is 0. The molecule has 0 unspecified atom stereocenters. The van der Waals surface area contributed by atoms with Gasteiger partial charge in [0.1, 0.15) is 5.75 Å². The van der Waals surface area contributed by atoms with E-state index in [9.17, 15) is 4.79 Å². The minimum absolute atomic E-state index is 0.0697. The van der Waals surface area contributed by atoms with Crippen molar-refractivity contribution in [3.63, 3.8) is 0 Å². The van der Waals surface area contributed by atoms with Crippen molar-refractivity contribution in [2.45, 2.75) is 52.1 Å². The first-order valence-electron chi connectivity index (χ1n) is 7.44. The molecule has 1 aliphatic rings. The third kappa shape index (κ3) is 3.18. The van der Waals surface area contributed by atoms with Crippen molar-refractivity contribution in [1.29, 1.82) is 0 Å². The third-order valence-corrected chi connectivity index (χ3v) is 4.03. The van der Waals surface area contributed by atoms with Gasteiger partial charge in [-0.3, -0.25) is 9.78 Å². The minimum Gasteiger partial charge on any atom is -0.489 e. The zero-order chi connectivity index (χ0) is 14.6. The van der Waals surface area contributed by atoms with E-state index < -0.39 is 5.41 Å². The number of carbonyl (C=O) groups excluding carboxylic acids is 1. The van der Waals surface area contributed by atoms with Gasteiger partial charge in [-0.2, -0.15) is 0 Å². The fraction of sp³-hybridized carbons (Fsp3) is 0.625. The van der Waals surface area contributed by atoms with Gasteiger partial charge in [0.15, 0.2) is 5.78 Å². The van der Waals surface area contributed by atoms with E-state index in [1.807, 2.05) is 13.8 Å². The molecule has 4 nitrogen and oxygen atoms in total. The average molecular weight is 276 g/mol. The maximum absolute atomic E-state index is 12.8. The van der Waals surface area contributed by atoms with Gasteiger partial charge in [-0.05, 0) is 32.8 Å². The molecule has 0 spiro atoms. The highest BCUT2D eigenvalue weighted by Gasteiger charge is 2.38. The van der Waals surface area contributed by atoms with Crippen molar-refractivity contribution < 1.29 is 9.53 Å². The first-order chi connectivity index (χ1) is 9.57. The van der Waals surface area contributed by atoms with Gasteiger partial charge in [0.05, 0.1) is 12.3 Å². The summed E-state index contributed by atoms with van der Waals surface area (Å²) < 4.78 is 5.61. The molecule has 2 N–H and O–H groups in total. The van der Waals surface area contributed by atoms with Crippen LogP contribution in [0.4, 0.5) is 0 Å². The van der Waals surface area contributed by atoms with E-state index in [0.29, 0.717) is 17.9 Å². The molecule has 0 bridgehead atoms. The standard InChI is InChI=1S/C16H24N2O2/c1-12(2)20-14-8-13(9-18-10-14)15(19)16(11-17)6-4-3-5-7-16/h8-10,12H,3-7,11,17H2,1-2H3. The van der Waals surface area contributed by atoms with E-state index >= 15 is 0 Å². The number of aromatic nitrogens is 1. The number of hydrogen-bond donors (Lipinski definition) is 1. The Balaban J connectivity index is 2.23. The molecule has 20 heavy (non-hydrogen) atoms. The Kier molecular flexibility index (Phi) is 4.76. The lowest BCUT2D eigenvalue weighted by Crippen LogP contribution is -2.40. The highest BCUT2D eigenvalue weighted by atomic mass is 16.5. The minimum atomic E-state index is -0.392. The molecule has 4 heteroatoms. The summed E-state index contributed by atoms with van der Waals surface area (Å²) >= 11 is 0. The van der Waals surface area contributed by atoms with Crippen molar-refractivity contribution in [2.75, 3.05) is 6.54 Å². The number of nitrogens with two attached hydrogens (primary N) is 1. The number of ether oxygens (including phenoxy) is 1. The molecule has 1 aliphatic carbocycles. The number of carbonyl (C=O) groups is 1. The largest absolute Gasteiger partial charge is 0.489 e. The van der Waals surface area contributed by atoms with E-state index in [2.05, 4.69) is 4.98 Å². The maximum Gasteiger partial charge on any atom is 0.171 e. The Morgan fingerprint density at radius 2 is 2.05 bits per heavy atom. The van der Waals surface area contributed by atoms with E-state index in [1.54, 1.807) is 18.5 Å². The van der Waals surface area contributed by atoms with E-state index in [0.717, 1.165) is 25.7 Å². The van der Waals surface area contributed by atoms with Crippen LogP contribution in [-0.2, 0) is 0 Å². The predicted octanol–water partition coefficient (Wildman–Crippen LogP) is 2.96.